The number of alkyl carbamates (subject to hydrolysis) is 1. The van der Waals surface area contributed by atoms with Crippen molar-refractivity contribution in [1.29, 1.82) is 0 Å². The maximum absolute atomic E-state index is 14.8. The smallest absolute Gasteiger partial charge is 0.408 e. The molecule has 3 saturated carbocycles. The number of anilines is 1. The molecule has 3 N–H and O–H groups in total. The molecule has 1 aliphatic heterocycles. The monoisotopic (exact) mass is 852 g/mol. The highest BCUT2D eigenvalue weighted by Gasteiger charge is 2.62. The molecule has 0 radical (unpaired) electrons. The van der Waals surface area contributed by atoms with E-state index >= 15 is 0 Å². The number of carbonyl (C=O) groups is 4. The van der Waals surface area contributed by atoms with Crippen molar-refractivity contribution in [3.63, 3.8) is 0 Å². The van der Waals surface area contributed by atoms with Gasteiger partial charge in [-0.05, 0) is 74.8 Å². The van der Waals surface area contributed by atoms with Gasteiger partial charge in [-0.1, -0.05) is 45.7 Å². The zero-order valence-electron chi connectivity index (χ0n) is 35.6. The van der Waals surface area contributed by atoms with Gasteiger partial charge in [-0.3, -0.25) is 9.59 Å². The van der Waals surface area contributed by atoms with Gasteiger partial charge in [-0.25, -0.2) is 14.6 Å². The van der Waals surface area contributed by atoms with Gasteiger partial charge in [-0.15, -0.1) is 0 Å². The van der Waals surface area contributed by atoms with E-state index in [2.05, 4.69) is 20.9 Å². The quantitative estimate of drug-likeness (QED) is 0.110. The van der Waals surface area contributed by atoms with Gasteiger partial charge in [-0.2, -0.15) is 4.98 Å². The third-order valence-corrected chi connectivity index (χ3v) is 12.4. The second-order valence-corrected chi connectivity index (χ2v) is 18.3. The van der Waals surface area contributed by atoms with Crippen LogP contribution in [0.15, 0.2) is 28.9 Å². The van der Waals surface area contributed by atoms with Crippen molar-refractivity contribution >= 4 is 52.4 Å². The van der Waals surface area contributed by atoms with Crippen LogP contribution in [0.1, 0.15) is 80.1 Å². The molecule has 0 spiro atoms. The number of methoxy groups -OCH3 is 2. The Labute approximate surface area is 355 Å². The number of likely N-dealkylation sites (tertiary alicyclic amines) is 1. The van der Waals surface area contributed by atoms with E-state index in [1.165, 1.54) is 24.7 Å². The molecule has 1 aromatic carbocycles. The number of esters is 1. The third kappa shape index (κ3) is 9.09. The summed E-state index contributed by atoms with van der Waals surface area (Å²) in [5.74, 6) is 0.304. The van der Waals surface area contributed by atoms with Crippen LogP contribution in [0.25, 0.3) is 22.3 Å². The van der Waals surface area contributed by atoms with Crippen LogP contribution in [-0.2, 0) is 28.6 Å². The van der Waals surface area contributed by atoms with Crippen LogP contribution in [0, 0.1) is 23.2 Å². The number of halogens is 1. The average molecular weight is 853 g/mol. The number of fused-ring (bicyclic) bond motifs is 2. The number of nitrogens with zero attached hydrogens (tertiary/aromatic N) is 3. The van der Waals surface area contributed by atoms with Crippen LogP contribution in [0.4, 0.5) is 10.8 Å². The lowest BCUT2D eigenvalue weighted by Gasteiger charge is -2.35. The normalized spacial score (nSPS) is 26.0. The van der Waals surface area contributed by atoms with Crippen molar-refractivity contribution in [2.45, 2.75) is 116 Å². The minimum absolute atomic E-state index is 0.0217. The molecule has 3 amide bonds. The highest BCUT2D eigenvalue weighted by molar-refractivity contribution is 6.36. The Kier molecular flexibility index (Phi) is 12.5. The summed E-state index contributed by atoms with van der Waals surface area (Å²) in [6.07, 6.45) is 3.84. The van der Waals surface area contributed by atoms with E-state index in [-0.39, 0.29) is 42.7 Å². The maximum Gasteiger partial charge on any atom is 0.408 e. The molecule has 3 aromatic rings. The van der Waals surface area contributed by atoms with Crippen molar-refractivity contribution < 1.29 is 47.3 Å². The number of benzene rings is 1. The Balaban J connectivity index is 1.21. The van der Waals surface area contributed by atoms with Gasteiger partial charge < -0.3 is 49.0 Å². The van der Waals surface area contributed by atoms with Crippen LogP contribution in [0.3, 0.4) is 0 Å². The first-order valence-corrected chi connectivity index (χ1v) is 21.2. The Morgan fingerprint density at radius 2 is 1.75 bits per heavy atom. The van der Waals surface area contributed by atoms with Gasteiger partial charge in [0.05, 0.1) is 31.5 Å². The first kappa shape index (κ1) is 43.3. The van der Waals surface area contributed by atoms with Crippen molar-refractivity contribution in [2.24, 2.45) is 23.2 Å². The largest absolute Gasteiger partial charge is 0.490 e. The van der Waals surface area contributed by atoms with Crippen molar-refractivity contribution in [2.75, 3.05) is 39.3 Å². The number of amides is 3. The molecule has 7 rings (SSSR count). The molecule has 4 aliphatic rings. The Hall–Kier alpha value is -4.83. The molecule has 1 saturated heterocycles. The van der Waals surface area contributed by atoms with Crippen LogP contribution in [-0.4, -0.2) is 109 Å². The number of hydrogen-bond acceptors (Lipinski definition) is 13. The second kappa shape index (κ2) is 17.3. The molecule has 326 valence electrons. The zero-order valence-corrected chi connectivity index (χ0v) is 36.4. The van der Waals surface area contributed by atoms with Gasteiger partial charge in [0.1, 0.15) is 64.9 Å². The molecule has 1 unspecified atom stereocenters. The SMILES string of the molecule is CC[C@@H]1C[C@]1(NC(=O)[C@@H]1C[C@@H](Oc2cc(-c3coc(NC(C)C)n3)nc3c(Cl)c(OCCOC)ccc23)CN1C(=O)[C@@H](NC(=O)OC1C[C@@H]2C[C@@H]2C1)C(C)(C)C)C(=O)OC. The first-order chi connectivity index (χ1) is 28.5. The minimum atomic E-state index is -1.20. The van der Waals surface area contributed by atoms with Gasteiger partial charge in [0.2, 0.25) is 11.8 Å². The molecule has 16 nitrogen and oxygen atoms in total. The van der Waals surface area contributed by atoms with Crippen LogP contribution >= 0.6 is 11.6 Å². The zero-order chi connectivity index (χ0) is 43.1. The predicted molar refractivity (Wildman–Crippen MR) is 222 cm³/mol. The average Bonchev–Trinajstić information content (AvgIpc) is 3.86. The highest BCUT2D eigenvalue weighted by Crippen LogP contribution is 2.52. The number of aromatic nitrogens is 2. The summed E-state index contributed by atoms with van der Waals surface area (Å²) < 4.78 is 34.4. The molecule has 2 aromatic heterocycles. The molecular weight excluding hydrogens is 796 g/mol. The van der Waals surface area contributed by atoms with Crippen LogP contribution < -0.4 is 25.4 Å². The van der Waals surface area contributed by atoms with E-state index in [1.54, 1.807) is 25.3 Å². The van der Waals surface area contributed by atoms with Crippen molar-refractivity contribution in [3.8, 4) is 22.9 Å². The molecule has 60 heavy (non-hydrogen) atoms. The molecular formula is C43H57ClN6O10. The van der Waals surface area contributed by atoms with E-state index in [1.807, 2.05) is 41.5 Å². The van der Waals surface area contributed by atoms with E-state index in [0.29, 0.717) is 71.1 Å². The van der Waals surface area contributed by atoms with Gasteiger partial charge in [0, 0.05) is 31.0 Å². The highest BCUT2D eigenvalue weighted by atomic mass is 35.5. The summed E-state index contributed by atoms with van der Waals surface area (Å²) in [7, 11) is 2.87. The number of hydrogen-bond donors (Lipinski definition) is 3. The lowest BCUT2D eigenvalue weighted by atomic mass is 9.85. The van der Waals surface area contributed by atoms with Gasteiger partial charge in [0.25, 0.3) is 6.01 Å². The van der Waals surface area contributed by atoms with Crippen molar-refractivity contribution in [1.82, 2.24) is 25.5 Å². The first-order valence-electron chi connectivity index (χ1n) is 20.9. The maximum atomic E-state index is 14.8. The summed E-state index contributed by atoms with van der Waals surface area (Å²) in [5.41, 5.74) is -0.796. The lowest BCUT2D eigenvalue weighted by molar-refractivity contribution is -0.148. The third-order valence-electron chi connectivity index (χ3n) is 12.1. The number of pyridine rings is 1. The molecule has 3 aliphatic carbocycles. The molecule has 0 bridgehead atoms. The van der Waals surface area contributed by atoms with Crippen molar-refractivity contribution in [3.05, 3.63) is 29.5 Å². The van der Waals surface area contributed by atoms with E-state index in [0.717, 1.165) is 12.8 Å². The number of nitrogens with one attached hydrogen (secondary N) is 3. The lowest BCUT2D eigenvalue weighted by Crippen LogP contribution is -2.59. The van der Waals surface area contributed by atoms with Crippen LogP contribution in [0.5, 0.6) is 11.5 Å². The molecule has 17 heteroatoms. The molecule has 4 fully saturated rings. The summed E-state index contributed by atoms with van der Waals surface area (Å²) >= 11 is 6.95. The van der Waals surface area contributed by atoms with Gasteiger partial charge in [0.15, 0.2) is 0 Å². The minimum Gasteiger partial charge on any atom is -0.490 e. The fraction of sp³-hybridized carbons (Fsp3) is 0.628. The summed E-state index contributed by atoms with van der Waals surface area (Å²) in [6.45, 7) is 12.0. The summed E-state index contributed by atoms with van der Waals surface area (Å²) in [6, 6.07) is 3.46. The fourth-order valence-corrected chi connectivity index (χ4v) is 8.94. The van der Waals surface area contributed by atoms with E-state index in [9.17, 15) is 19.2 Å². The molecule has 3 heterocycles. The van der Waals surface area contributed by atoms with Crippen LogP contribution in [0.2, 0.25) is 5.02 Å². The number of rotatable bonds is 16. The standard InChI is InChI=1S/C43H57ClN6O10/c1-9-25-19-43(25,39(53)56-8)49-37(51)31-17-27(20-50(31)38(52)36(42(4,5)6)48-41(54)60-26-15-23-14-24(23)16-26)59-33-18-29(30-21-58-40(47-30)45-22(2)3)46-35-28(33)10-11-32(34(35)44)57-13-12-55-7/h10-11,18,21-27,31,36H,9,12-17,19-20H2,1-8H3,(H,45,47)(H,48,54)(H,49,51)/t23-,24+,25-,26?,27-,31+,36-,43-/m1/s1. The Bertz CT molecular complexity index is 2100. The summed E-state index contributed by atoms with van der Waals surface area (Å²) in [5, 5.41) is 9.75. The number of ether oxygens (including phenoxy) is 5. The topological polar surface area (TPSA) is 193 Å². The summed E-state index contributed by atoms with van der Waals surface area (Å²) in [4.78, 5) is 66.5. The molecule has 8 atom stereocenters. The number of carbonyl (C=O) groups excluding carboxylic acids is 4. The second-order valence-electron chi connectivity index (χ2n) is 17.9. The van der Waals surface area contributed by atoms with Gasteiger partial charge >= 0.3 is 12.1 Å². The Morgan fingerprint density at radius 3 is 2.40 bits per heavy atom. The Morgan fingerprint density at radius 1 is 1.00 bits per heavy atom. The predicted octanol–water partition coefficient (Wildman–Crippen LogP) is 6.13. The van der Waals surface area contributed by atoms with E-state index < -0.39 is 53.0 Å². The fourth-order valence-electron chi connectivity index (χ4n) is 8.68. The van der Waals surface area contributed by atoms with E-state index in [4.69, 9.17) is 44.7 Å². The number of oxazole rings is 1.